The van der Waals surface area contributed by atoms with Crippen LogP contribution in [0.3, 0.4) is 0 Å². The Kier molecular flexibility index (Phi) is 7.69. The number of rotatable bonds is 10. The summed E-state index contributed by atoms with van der Waals surface area (Å²) in [4.78, 5) is 38.4. The van der Waals surface area contributed by atoms with Gasteiger partial charge in [-0.1, -0.05) is 50.6 Å². The molecule has 28 heavy (non-hydrogen) atoms. The van der Waals surface area contributed by atoms with Crippen LogP contribution < -0.4 is 15.4 Å². The summed E-state index contributed by atoms with van der Waals surface area (Å²) < 4.78 is 5.19. The summed E-state index contributed by atoms with van der Waals surface area (Å²) in [5.41, 5.74) is -0.581. The van der Waals surface area contributed by atoms with Crippen molar-refractivity contribution < 1.29 is 19.1 Å². The van der Waals surface area contributed by atoms with Gasteiger partial charge in [0.25, 0.3) is 5.91 Å². The summed E-state index contributed by atoms with van der Waals surface area (Å²) in [5, 5.41) is 5.81. The van der Waals surface area contributed by atoms with Gasteiger partial charge in [-0.15, -0.1) is 0 Å². The van der Waals surface area contributed by atoms with Crippen molar-refractivity contribution in [1.82, 2.24) is 10.2 Å². The fraction of sp³-hybridized carbons (Fsp3) is 0.550. The number of benzene rings is 1. The van der Waals surface area contributed by atoms with Gasteiger partial charge < -0.3 is 15.4 Å². The fourth-order valence-electron chi connectivity index (χ4n) is 3.25. The van der Waals surface area contributed by atoms with Crippen LogP contribution in [-0.4, -0.2) is 41.9 Å². The minimum Gasteiger partial charge on any atom is -0.495 e. The van der Waals surface area contributed by atoms with E-state index in [1.54, 1.807) is 25.1 Å². The number of amides is 4. The molecule has 2 N–H and O–H groups in total. The smallest absolute Gasteiger partial charge is 0.325 e. The Balaban J connectivity index is 1.96. The van der Waals surface area contributed by atoms with Gasteiger partial charge in [0.2, 0.25) is 5.91 Å². The first-order valence-electron chi connectivity index (χ1n) is 9.58. The topological polar surface area (TPSA) is 87.7 Å². The molecule has 1 fully saturated rings. The van der Waals surface area contributed by atoms with Gasteiger partial charge in [0.15, 0.2) is 0 Å². The third-order valence-electron chi connectivity index (χ3n) is 4.86. The number of imide groups is 1. The summed E-state index contributed by atoms with van der Waals surface area (Å²) in [6.07, 6.45) is 5.84. The van der Waals surface area contributed by atoms with Crippen molar-refractivity contribution >= 4 is 35.1 Å². The molecule has 1 atom stereocenters. The van der Waals surface area contributed by atoms with Crippen molar-refractivity contribution in [3.8, 4) is 5.75 Å². The average Bonchev–Trinajstić information content (AvgIpc) is 2.85. The van der Waals surface area contributed by atoms with E-state index in [1.165, 1.54) is 7.11 Å². The molecule has 0 aromatic heterocycles. The third-order valence-corrected chi connectivity index (χ3v) is 5.10. The Morgan fingerprint density at radius 2 is 1.96 bits per heavy atom. The lowest BCUT2D eigenvalue weighted by Crippen LogP contribution is -2.44. The lowest BCUT2D eigenvalue weighted by Gasteiger charge is -2.21. The van der Waals surface area contributed by atoms with Crippen LogP contribution in [0.25, 0.3) is 0 Å². The molecule has 7 nitrogen and oxygen atoms in total. The zero-order chi connectivity index (χ0) is 20.7. The van der Waals surface area contributed by atoms with E-state index in [9.17, 15) is 14.4 Å². The summed E-state index contributed by atoms with van der Waals surface area (Å²) in [7, 11) is 1.47. The molecule has 0 unspecified atom stereocenters. The second kappa shape index (κ2) is 9.78. The first-order valence-corrected chi connectivity index (χ1v) is 9.96. The van der Waals surface area contributed by atoms with E-state index >= 15 is 0 Å². The number of nitrogens with one attached hydrogen (secondary N) is 2. The molecule has 1 aliphatic rings. The fourth-order valence-corrected chi connectivity index (χ4v) is 3.43. The molecule has 0 aliphatic carbocycles. The van der Waals surface area contributed by atoms with Crippen LogP contribution in [0, 0.1) is 0 Å². The molecule has 0 bridgehead atoms. The Bertz CT molecular complexity index is 740. The largest absolute Gasteiger partial charge is 0.495 e. The summed E-state index contributed by atoms with van der Waals surface area (Å²) in [6.45, 7) is 3.49. The zero-order valence-electron chi connectivity index (χ0n) is 16.6. The number of unbranched alkanes of at least 4 members (excludes halogenated alkanes) is 4. The van der Waals surface area contributed by atoms with Gasteiger partial charge in [-0.05, 0) is 31.5 Å². The number of hydrogen-bond acceptors (Lipinski definition) is 4. The monoisotopic (exact) mass is 409 g/mol. The lowest BCUT2D eigenvalue weighted by atomic mass is 9.94. The van der Waals surface area contributed by atoms with Crippen LogP contribution in [0.2, 0.25) is 5.02 Å². The van der Waals surface area contributed by atoms with Crippen LogP contribution >= 0.6 is 11.6 Å². The number of ether oxygens (including phenoxy) is 1. The van der Waals surface area contributed by atoms with E-state index in [0.717, 1.165) is 37.0 Å². The first-order chi connectivity index (χ1) is 13.3. The highest BCUT2D eigenvalue weighted by atomic mass is 35.5. The number of methoxy groups -OCH3 is 1. The van der Waals surface area contributed by atoms with Crippen LogP contribution in [0.15, 0.2) is 18.2 Å². The van der Waals surface area contributed by atoms with Gasteiger partial charge in [0, 0.05) is 5.02 Å². The molecule has 1 aliphatic heterocycles. The molecule has 1 saturated heterocycles. The van der Waals surface area contributed by atoms with E-state index in [0.29, 0.717) is 22.9 Å². The third kappa shape index (κ3) is 5.38. The van der Waals surface area contributed by atoms with Crippen LogP contribution in [0.1, 0.15) is 52.4 Å². The minimum absolute atomic E-state index is 0.369. The van der Waals surface area contributed by atoms with Gasteiger partial charge in [0.05, 0.1) is 12.8 Å². The summed E-state index contributed by atoms with van der Waals surface area (Å²) >= 11 is 5.96. The highest BCUT2D eigenvalue weighted by molar-refractivity contribution is 6.31. The lowest BCUT2D eigenvalue weighted by molar-refractivity contribution is -0.133. The number of anilines is 1. The standard InChI is InChI=1S/C20H28ClN3O4/c1-4-5-6-7-8-11-20(2)18(26)24(19(27)23-20)13-17(25)22-15-12-14(21)9-10-16(15)28-3/h9-10,12H,4-8,11,13H2,1-3H3,(H,22,25)(H,23,27)/t20-/m0/s1. The van der Waals surface area contributed by atoms with Crippen molar-refractivity contribution in [1.29, 1.82) is 0 Å². The van der Waals surface area contributed by atoms with E-state index < -0.39 is 17.5 Å². The molecule has 1 heterocycles. The highest BCUT2D eigenvalue weighted by Gasteiger charge is 2.47. The van der Waals surface area contributed by atoms with Crippen molar-refractivity contribution in [2.24, 2.45) is 0 Å². The van der Waals surface area contributed by atoms with Crippen molar-refractivity contribution in [3.05, 3.63) is 23.2 Å². The number of carbonyl (C=O) groups is 3. The van der Waals surface area contributed by atoms with Gasteiger partial charge in [-0.25, -0.2) is 4.79 Å². The number of urea groups is 1. The minimum atomic E-state index is -0.961. The highest BCUT2D eigenvalue weighted by Crippen LogP contribution is 2.28. The number of nitrogens with zero attached hydrogens (tertiary/aromatic N) is 1. The van der Waals surface area contributed by atoms with Crippen LogP contribution in [0.5, 0.6) is 5.75 Å². The molecule has 1 aromatic carbocycles. The second-order valence-electron chi connectivity index (χ2n) is 7.21. The van der Waals surface area contributed by atoms with Gasteiger partial charge in [0.1, 0.15) is 17.8 Å². The van der Waals surface area contributed by atoms with Crippen molar-refractivity contribution in [3.63, 3.8) is 0 Å². The molecule has 8 heteroatoms. The molecular formula is C20H28ClN3O4. The quantitative estimate of drug-likeness (QED) is 0.452. The predicted octanol–water partition coefficient (Wildman–Crippen LogP) is 3.96. The SMILES string of the molecule is CCCCCCC[C@]1(C)NC(=O)N(CC(=O)Nc2cc(Cl)ccc2OC)C1=O. The Morgan fingerprint density at radius 1 is 1.25 bits per heavy atom. The van der Waals surface area contributed by atoms with E-state index in [1.807, 2.05) is 0 Å². The van der Waals surface area contributed by atoms with Gasteiger partial charge in [-0.2, -0.15) is 0 Å². The van der Waals surface area contributed by atoms with Crippen molar-refractivity contribution in [2.45, 2.75) is 57.9 Å². The van der Waals surface area contributed by atoms with E-state index in [-0.39, 0.29) is 12.5 Å². The number of carbonyl (C=O) groups excluding carboxylic acids is 3. The average molecular weight is 410 g/mol. The maximum Gasteiger partial charge on any atom is 0.325 e. The normalized spacial score (nSPS) is 18.9. The molecule has 4 amide bonds. The Labute approximate surface area is 170 Å². The van der Waals surface area contributed by atoms with Crippen molar-refractivity contribution in [2.75, 3.05) is 19.0 Å². The summed E-state index contributed by atoms with van der Waals surface area (Å²) in [6, 6.07) is 4.26. The number of halogens is 1. The zero-order valence-corrected chi connectivity index (χ0v) is 17.4. The Morgan fingerprint density at radius 3 is 2.64 bits per heavy atom. The molecule has 0 saturated carbocycles. The predicted molar refractivity (Wildman–Crippen MR) is 109 cm³/mol. The number of hydrogen-bond donors (Lipinski definition) is 2. The molecule has 0 spiro atoms. The Hall–Kier alpha value is -2.28. The maximum absolute atomic E-state index is 12.7. The van der Waals surface area contributed by atoms with Gasteiger partial charge in [-0.3, -0.25) is 14.5 Å². The summed E-state index contributed by atoms with van der Waals surface area (Å²) in [5.74, 6) is -0.440. The van der Waals surface area contributed by atoms with Crippen LogP contribution in [-0.2, 0) is 9.59 Å². The molecule has 1 aromatic rings. The molecule has 2 rings (SSSR count). The second-order valence-corrected chi connectivity index (χ2v) is 7.65. The molecule has 0 radical (unpaired) electrons. The maximum atomic E-state index is 12.7. The van der Waals surface area contributed by atoms with E-state index in [4.69, 9.17) is 16.3 Å². The molecular weight excluding hydrogens is 382 g/mol. The first kappa shape index (κ1) is 22.0. The van der Waals surface area contributed by atoms with Crippen LogP contribution in [0.4, 0.5) is 10.5 Å². The molecule has 154 valence electrons. The van der Waals surface area contributed by atoms with E-state index in [2.05, 4.69) is 17.6 Å². The van der Waals surface area contributed by atoms with Gasteiger partial charge >= 0.3 is 6.03 Å².